The minimum absolute atomic E-state index is 0.0872. The van der Waals surface area contributed by atoms with Gasteiger partial charge < -0.3 is 10.4 Å². The molecule has 0 saturated heterocycles. The highest BCUT2D eigenvalue weighted by Gasteiger charge is 2.47. The van der Waals surface area contributed by atoms with Crippen molar-refractivity contribution in [1.29, 1.82) is 0 Å². The topological polar surface area (TPSA) is 80.0 Å². The number of anilines is 2. The van der Waals surface area contributed by atoms with Crippen molar-refractivity contribution in [2.45, 2.75) is 19.3 Å². The van der Waals surface area contributed by atoms with Gasteiger partial charge in [-0.1, -0.05) is 6.07 Å². The molecule has 0 spiro atoms. The van der Waals surface area contributed by atoms with E-state index in [0.717, 1.165) is 18.2 Å². The summed E-state index contributed by atoms with van der Waals surface area (Å²) in [7, 11) is 0. The van der Waals surface area contributed by atoms with Gasteiger partial charge in [0.1, 0.15) is 5.69 Å². The second-order valence-corrected chi connectivity index (χ2v) is 6.60. The van der Waals surface area contributed by atoms with E-state index >= 15 is 0 Å². The first-order chi connectivity index (χ1) is 13.4. The second-order valence-electron chi connectivity index (χ2n) is 5.76. The maximum Gasteiger partial charge on any atom is 0.437 e. The van der Waals surface area contributed by atoms with Crippen LogP contribution in [0.2, 0.25) is 0 Å². The molecule has 0 unspecified atom stereocenters. The van der Waals surface area contributed by atoms with Crippen molar-refractivity contribution >= 4 is 28.7 Å². The molecule has 13 heteroatoms. The third-order valence-electron chi connectivity index (χ3n) is 3.59. The van der Waals surface area contributed by atoms with E-state index in [1.54, 1.807) is 0 Å². The van der Waals surface area contributed by atoms with E-state index in [1.807, 2.05) is 5.32 Å². The van der Waals surface area contributed by atoms with Crippen molar-refractivity contribution in [3.8, 4) is 5.13 Å². The van der Waals surface area contributed by atoms with Crippen molar-refractivity contribution in [3.63, 3.8) is 0 Å². The van der Waals surface area contributed by atoms with Crippen LogP contribution in [0.1, 0.15) is 27.4 Å². The van der Waals surface area contributed by atoms with Crippen LogP contribution in [0.4, 0.5) is 37.7 Å². The molecule has 2 aromatic heterocycles. The molecule has 0 amide bonds. The van der Waals surface area contributed by atoms with Crippen molar-refractivity contribution in [2.24, 2.45) is 0 Å². The minimum atomic E-state index is -5.22. The Bertz CT molecular complexity index is 1070. The van der Waals surface area contributed by atoms with Crippen molar-refractivity contribution in [3.05, 3.63) is 52.3 Å². The number of carbonyl (C=O) groups is 1. The average Bonchev–Trinajstić information content (AvgIpc) is 3.18. The number of hydrogen-bond donors (Lipinski definition) is 2. The quantitative estimate of drug-likeness (QED) is 0.556. The van der Waals surface area contributed by atoms with Crippen LogP contribution < -0.4 is 5.32 Å². The first-order valence-corrected chi connectivity index (χ1v) is 8.56. The van der Waals surface area contributed by atoms with Gasteiger partial charge in [0, 0.05) is 11.1 Å². The molecule has 0 aliphatic carbocycles. The molecule has 0 bridgehead atoms. The van der Waals surface area contributed by atoms with Gasteiger partial charge in [-0.2, -0.15) is 36.1 Å². The fraction of sp³-hybridized carbons (Fsp3) is 0.188. The number of rotatable bonds is 4. The number of benzene rings is 1. The van der Waals surface area contributed by atoms with Gasteiger partial charge in [0.15, 0.2) is 11.4 Å². The highest BCUT2D eigenvalue weighted by molar-refractivity contribution is 7.12. The number of nitrogens with one attached hydrogen (secondary N) is 1. The van der Waals surface area contributed by atoms with Crippen LogP contribution >= 0.6 is 11.3 Å². The van der Waals surface area contributed by atoms with E-state index < -0.39 is 40.5 Å². The summed E-state index contributed by atoms with van der Waals surface area (Å²) in [6, 6.07) is 4.37. The van der Waals surface area contributed by atoms with Gasteiger partial charge in [-0.25, -0.2) is 9.78 Å². The Kier molecular flexibility index (Phi) is 5.03. The van der Waals surface area contributed by atoms with E-state index in [2.05, 4.69) is 10.1 Å². The molecule has 0 radical (unpaired) electrons. The van der Waals surface area contributed by atoms with Gasteiger partial charge >= 0.3 is 18.3 Å². The molecule has 154 valence electrons. The molecular formula is C16H10F6N4O2S. The number of carboxylic acids is 1. The Morgan fingerprint density at radius 3 is 2.38 bits per heavy atom. The third kappa shape index (κ3) is 4.18. The average molecular weight is 436 g/mol. The zero-order valence-electron chi connectivity index (χ0n) is 14.3. The lowest BCUT2D eigenvalue weighted by Crippen LogP contribution is -2.15. The number of alkyl halides is 6. The Morgan fingerprint density at radius 1 is 1.17 bits per heavy atom. The normalized spacial score (nSPS) is 12.2. The molecule has 2 N–H and O–H groups in total. The highest BCUT2D eigenvalue weighted by atomic mass is 32.1. The minimum Gasteiger partial charge on any atom is -0.478 e. The summed E-state index contributed by atoms with van der Waals surface area (Å²) in [5, 5.41) is 15.1. The molecule has 6 nitrogen and oxygen atoms in total. The Labute approximate surface area is 162 Å². The van der Waals surface area contributed by atoms with Crippen molar-refractivity contribution < 1.29 is 36.2 Å². The summed E-state index contributed by atoms with van der Waals surface area (Å²) in [6.07, 6.45) is -10.4. The van der Waals surface area contributed by atoms with Gasteiger partial charge in [-0.3, -0.25) is 0 Å². The van der Waals surface area contributed by atoms with Crippen molar-refractivity contribution in [2.75, 3.05) is 5.32 Å². The van der Waals surface area contributed by atoms with Crippen LogP contribution in [-0.4, -0.2) is 25.8 Å². The lowest BCUT2D eigenvalue weighted by atomic mass is 10.2. The van der Waals surface area contributed by atoms with Crippen LogP contribution in [0.5, 0.6) is 0 Å². The van der Waals surface area contributed by atoms with Crippen LogP contribution in [-0.2, 0) is 12.4 Å². The summed E-state index contributed by atoms with van der Waals surface area (Å²) in [5.41, 5.74) is -5.15. The molecule has 2 heterocycles. The molecule has 0 aliphatic rings. The smallest absolute Gasteiger partial charge is 0.437 e. The summed E-state index contributed by atoms with van der Waals surface area (Å²) in [6.45, 7) is 1.47. The van der Waals surface area contributed by atoms with Crippen LogP contribution in [0.3, 0.4) is 0 Å². The van der Waals surface area contributed by atoms with Gasteiger partial charge in [0.2, 0.25) is 5.13 Å². The lowest BCUT2D eigenvalue weighted by molar-refractivity contribution is -0.142. The van der Waals surface area contributed by atoms with E-state index in [4.69, 9.17) is 5.11 Å². The zero-order valence-corrected chi connectivity index (χ0v) is 15.1. The first kappa shape index (κ1) is 20.6. The van der Waals surface area contributed by atoms with Gasteiger partial charge in [-0.05, 0) is 25.1 Å². The summed E-state index contributed by atoms with van der Waals surface area (Å²) in [4.78, 5) is 14.8. The zero-order chi connectivity index (χ0) is 21.6. The number of halogens is 6. The largest absolute Gasteiger partial charge is 0.478 e. The number of hydrogen-bond acceptors (Lipinski definition) is 5. The Morgan fingerprint density at radius 2 is 1.86 bits per heavy atom. The van der Waals surface area contributed by atoms with E-state index in [0.29, 0.717) is 17.0 Å². The lowest BCUT2D eigenvalue weighted by Gasteiger charge is -2.14. The SMILES string of the molecule is Cc1csc(-n2nc(C(F)(F)F)c(Nc3cccc(C(=O)O)c3)c2C(F)(F)F)n1. The van der Waals surface area contributed by atoms with Gasteiger partial charge in [0.05, 0.1) is 11.3 Å². The van der Waals surface area contributed by atoms with E-state index in [-0.39, 0.29) is 15.9 Å². The molecular weight excluding hydrogens is 426 g/mol. The van der Waals surface area contributed by atoms with Crippen LogP contribution in [0, 0.1) is 6.92 Å². The molecule has 0 fully saturated rings. The monoisotopic (exact) mass is 436 g/mol. The summed E-state index contributed by atoms with van der Waals surface area (Å²) < 4.78 is 81.7. The predicted molar refractivity (Wildman–Crippen MR) is 90.7 cm³/mol. The van der Waals surface area contributed by atoms with Crippen LogP contribution in [0.25, 0.3) is 5.13 Å². The Hall–Kier alpha value is -3.09. The number of nitrogens with zero attached hydrogens (tertiary/aromatic N) is 3. The molecule has 1 aromatic carbocycles. The number of aromatic nitrogens is 3. The standard InChI is InChI=1S/C16H10F6N4O2S/c1-7-6-29-14(23-7)26-12(16(20,21)22)10(11(25-26)15(17,18)19)24-9-4-2-3-8(5-9)13(27)28/h2-6,24H,1H3,(H,27,28). The van der Waals surface area contributed by atoms with Gasteiger partial charge in [0.25, 0.3) is 0 Å². The number of carboxylic acid groups (broad SMARTS) is 1. The molecule has 3 rings (SSSR count). The number of aromatic carboxylic acids is 1. The first-order valence-electron chi connectivity index (χ1n) is 7.68. The summed E-state index contributed by atoms with van der Waals surface area (Å²) in [5.74, 6) is -1.39. The van der Waals surface area contributed by atoms with Crippen LogP contribution in [0.15, 0.2) is 29.6 Å². The molecule has 3 aromatic rings. The molecule has 0 aliphatic heterocycles. The molecule has 29 heavy (non-hydrogen) atoms. The number of thiazole rings is 1. The maximum atomic E-state index is 13.7. The number of aryl methyl sites for hydroxylation is 1. The summed E-state index contributed by atoms with van der Waals surface area (Å²) >= 11 is 0.695. The third-order valence-corrected chi connectivity index (χ3v) is 4.52. The van der Waals surface area contributed by atoms with E-state index in [1.165, 1.54) is 18.4 Å². The fourth-order valence-corrected chi connectivity index (χ4v) is 3.21. The van der Waals surface area contributed by atoms with E-state index in [9.17, 15) is 31.1 Å². The van der Waals surface area contributed by atoms with Gasteiger partial charge in [-0.15, -0.1) is 11.3 Å². The highest BCUT2D eigenvalue weighted by Crippen LogP contribution is 2.45. The second kappa shape index (κ2) is 7.06. The predicted octanol–water partition coefficient (Wildman–Crippen LogP) is 5.12. The molecule has 0 atom stereocenters. The molecule has 0 saturated carbocycles. The Balaban J connectivity index is 2.25. The maximum absolute atomic E-state index is 13.7. The fourth-order valence-electron chi connectivity index (χ4n) is 2.45. The van der Waals surface area contributed by atoms with Crippen molar-refractivity contribution in [1.82, 2.24) is 14.8 Å².